The number of thioether (sulfide) groups is 1. The average Bonchev–Trinajstić information content (AvgIpc) is 2.84. The fraction of sp³-hybridized carbons (Fsp3) is 0.786. The van der Waals surface area contributed by atoms with Crippen LogP contribution in [0.4, 0.5) is 0 Å². The van der Waals surface area contributed by atoms with Gasteiger partial charge in [-0.15, -0.1) is 0 Å². The van der Waals surface area contributed by atoms with E-state index in [2.05, 4.69) is 47.9 Å². The first-order valence-corrected chi connectivity index (χ1v) is 8.35. The summed E-state index contributed by atoms with van der Waals surface area (Å²) in [7, 11) is 5.87. The molecule has 6 heteroatoms. The molecule has 116 valence electrons. The second-order valence-electron chi connectivity index (χ2n) is 4.89. The number of nitrogens with zero attached hydrogens (tertiary/aromatic N) is 3. The van der Waals surface area contributed by atoms with Crippen LogP contribution in [0.2, 0.25) is 0 Å². The van der Waals surface area contributed by atoms with Gasteiger partial charge in [-0.25, -0.2) is 0 Å². The topological polar surface area (TPSA) is 42.3 Å². The molecule has 1 aromatic heterocycles. The SMILES string of the molecule is CCNC(CSCC)c1c(OC)cnn1CCN(C)C. The Morgan fingerprint density at radius 3 is 2.75 bits per heavy atom. The summed E-state index contributed by atoms with van der Waals surface area (Å²) >= 11 is 1.94. The zero-order chi connectivity index (χ0) is 15.0. The molecule has 1 rings (SSSR count). The van der Waals surface area contributed by atoms with Crippen molar-refractivity contribution in [3.05, 3.63) is 11.9 Å². The van der Waals surface area contributed by atoms with Crippen molar-refractivity contribution in [1.82, 2.24) is 20.0 Å². The van der Waals surface area contributed by atoms with Crippen molar-refractivity contribution in [2.45, 2.75) is 26.4 Å². The first-order valence-electron chi connectivity index (χ1n) is 7.19. The van der Waals surface area contributed by atoms with Crippen LogP contribution in [0.15, 0.2) is 6.20 Å². The van der Waals surface area contributed by atoms with Crippen LogP contribution in [0.5, 0.6) is 5.75 Å². The number of nitrogens with one attached hydrogen (secondary N) is 1. The zero-order valence-electron chi connectivity index (χ0n) is 13.3. The molecule has 20 heavy (non-hydrogen) atoms. The third-order valence-electron chi connectivity index (χ3n) is 3.09. The van der Waals surface area contributed by atoms with Gasteiger partial charge in [-0.1, -0.05) is 13.8 Å². The Labute approximate surface area is 127 Å². The largest absolute Gasteiger partial charge is 0.493 e. The number of rotatable bonds is 10. The number of hydrogen-bond acceptors (Lipinski definition) is 5. The van der Waals surface area contributed by atoms with Gasteiger partial charge in [0.2, 0.25) is 0 Å². The van der Waals surface area contributed by atoms with Crippen molar-refractivity contribution in [3.8, 4) is 5.75 Å². The lowest BCUT2D eigenvalue weighted by molar-refractivity contribution is 0.358. The maximum absolute atomic E-state index is 5.49. The van der Waals surface area contributed by atoms with Crippen molar-refractivity contribution in [2.24, 2.45) is 0 Å². The smallest absolute Gasteiger partial charge is 0.161 e. The minimum Gasteiger partial charge on any atom is -0.493 e. The number of aromatic nitrogens is 2. The van der Waals surface area contributed by atoms with E-state index in [0.29, 0.717) is 0 Å². The average molecular weight is 300 g/mol. The van der Waals surface area contributed by atoms with E-state index in [1.54, 1.807) is 7.11 Å². The molecule has 0 aliphatic rings. The molecule has 0 aliphatic carbocycles. The quantitative estimate of drug-likeness (QED) is 0.714. The van der Waals surface area contributed by atoms with E-state index in [0.717, 1.165) is 42.6 Å². The van der Waals surface area contributed by atoms with Crippen LogP contribution >= 0.6 is 11.8 Å². The standard InChI is InChI=1S/C14H28N4OS/c1-6-15-12(11-20-7-2)14-13(19-5)10-16-18(14)9-8-17(3)4/h10,12,15H,6-9,11H2,1-5H3. The van der Waals surface area contributed by atoms with Gasteiger partial charge >= 0.3 is 0 Å². The van der Waals surface area contributed by atoms with Crippen LogP contribution in [-0.4, -0.2) is 60.5 Å². The van der Waals surface area contributed by atoms with Gasteiger partial charge < -0.3 is 15.0 Å². The lowest BCUT2D eigenvalue weighted by Gasteiger charge is -2.21. The van der Waals surface area contributed by atoms with Gasteiger partial charge in [-0.05, 0) is 26.4 Å². The van der Waals surface area contributed by atoms with Gasteiger partial charge in [0.25, 0.3) is 0 Å². The highest BCUT2D eigenvalue weighted by atomic mass is 32.2. The summed E-state index contributed by atoms with van der Waals surface area (Å²) in [6.45, 7) is 7.11. The van der Waals surface area contributed by atoms with Crippen molar-refractivity contribution >= 4 is 11.8 Å². The molecule has 0 bridgehead atoms. The number of ether oxygens (including phenoxy) is 1. The van der Waals surface area contributed by atoms with Crippen LogP contribution < -0.4 is 10.1 Å². The van der Waals surface area contributed by atoms with Gasteiger partial charge in [-0.2, -0.15) is 16.9 Å². The summed E-state index contributed by atoms with van der Waals surface area (Å²) in [4.78, 5) is 2.17. The highest BCUT2D eigenvalue weighted by molar-refractivity contribution is 7.99. The first kappa shape index (κ1) is 17.3. The summed E-state index contributed by atoms with van der Waals surface area (Å²) in [6.07, 6.45) is 1.83. The fourth-order valence-electron chi connectivity index (χ4n) is 2.08. The molecule has 1 unspecified atom stereocenters. The molecule has 1 aromatic rings. The molecule has 1 heterocycles. The summed E-state index contributed by atoms with van der Waals surface area (Å²) in [5, 5.41) is 8.03. The number of methoxy groups -OCH3 is 1. The molecule has 0 saturated heterocycles. The molecule has 0 aliphatic heterocycles. The summed E-state index contributed by atoms with van der Waals surface area (Å²) in [5.41, 5.74) is 1.16. The molecule has 0 spiro atoms. The van der Waals surface area contributed by atoms with Crippen LogP contribution in [0.1, 0.15) is 25.6 Å². The second kappa shape index (κ2) is 9.26. The minimum atomic E-state index is 0.282. The molecule has 0 amide bonds. The Balaban J connectivity index is 2.93. The lowest BCUT2D eigenvalue weighted by Crippen LogP contribution is -2.28. The van der Waals surface area contributed by atoms with E-state index in [4.69, 9.17) is 4.74 Å². The minimum absolute atomic E-state index is 0.282. The van der Waals surface area contributed by atoms with Gasteiger partial charge in [0.1, 0.15) is 0 Å². The van der Waals surface area contributed by atoms with Crippen LogP contribution in [0.25, 0.3) is 0 Å². The molecular formula is C14H28N4OS. The van der Waals surface area contributed by atoms with Gasteiger partial charge in [0.05, 0.1) is 31.6 Å². The monoisotopic (exact) mass is 300 g/mol. The molecule has 1 N–H and O–H groups in total. The van der Waals surface area contributed by atoms with E-state index in [1.807, 2.05) is 18.0 Å². The maximum atomic E-state index is 5.49. The Morgan fingerprint density at radius 2 is 2.20 bits per heavy atom. The predicted molar refractivity (Wildman–Crippen MR) is 86.7 cm³/mol. The van der Waals surface area contributed by atoms with Gasteiger partial charge in [-0.3, -0.25) is 4.68 Å². The molecule has 1 atom stereocenters. The van der Waals surface area contributed by atoms with E-state index in [9.17, 15) is 0 Å². The van der Waals surface area contributed by atoms with Crippen molar-refractivity contribution in [2.75, 3.05) is 45.8 Å². The highest BCUT2D eigenvalue weighted by Crippen LogP contribution is 2.27. The zero-order valence-corrected chi connectivity index (χ0v) is 14.2. The molecule has 0 radical (unpaired) electrons. The van der Waals surface area contributed by atoms with E-state index in [1.165, 1.54) is 0 Å². The third-order valence-corrected chi connectivity index (χ3v) is 4.07. The second-order valence-corrected chi connectivity index (χ2v) is 6.21. The van der Waals surface area contributed by atoms with E-state index in [-0.39, 0.29) is 6.04 Å². The highest BCUT2D eigenvalue weighted by Gasteiger charge is 2.21. The van der Waals surface area contributed by atoms with Gasteiger partial charge in [0.15, 0.2) is 5.75 Å². The predicted octanol–water partition coefficient (Wildman–Crippen LogP) is 1.86. The molecule has 0 aromatic carbocycles. The van der Waals surface area contributed by atoms with Crippen LogP contribution in [-0.2, 0) is 6.54 Å². The molecule has 0 fully saturated rings. The Morgan fingerprint density at radius 1 is 1.45 bits per heavy atom. The van der Waals surface area contributed by atoms with E-state index >= 15 is 0 Å². The summed E-state index contributed by atoms with van der Waals surface area (Å²) < 4.78 is 7.57. The third kappa shape index (κ3) is 5.00. The Kier molecular flexibility index (Phi) is 8.02. The Bertz CT molecular complexity index is 381. The number of hydrogen-bond donors (Lipinski definition) is 1. The molecular weight excluding hydrogens is 272 g/mol. The molecule has 0 saturated carbocycles. The van der Waals surface area contributed by atoms with Crippen LogP contribution in [0, 0.1) is 0 Å². The summed E-state index contributed by atoms with van der Waals surface area (Å²) in [5.74, 6) is 3.04. The van der Waals surface area contributed by atoms with Gasteiger partial charge in [0, 0.05) is 12.3 Å². The normalized spacial score (nSPS) is 12.9. The summed E-state index contributed by atoms with van der Waals surface area (Å²) in [6, 6.07) is 0.282. The van der Waals surface area contributed by atoms with Crippen molar-refractivity contribution in [3.63, 3.8) is 0 Å². The molecule has 5 nitrogen and oxygen atoms in total. The van der Waals surface area contributed by atoms with Crippen molar-refractivity contribution in [1.29, 1.82) is 0 Å². The maximum Gasteiger partial charge on any atom is 0.161 e. The van der Waals surface area contributed by atoms with E-state index < -0.39 is 0 Å². The number of likely N-dealkylation sites (N-methyl/N-ethyl adjacent to an activating group) is 1. The van der Waals surface area contributed by atoms with Crippen molar-refractivity contribution < 1.29 is 4.74 Å². The first-order chi connectivity index (χ1) is 9.63. The Hall–Kier alpha value is -0.720. The van der Waals surface area contributed by atoms with Crippen LogP contribution in [0.3, 0.4) is 0 Å². The fourth-order valence-corrected chi connectivity index (χ4v) is 2.82. The lowest BCUT2D eigenvalue weighted by atomic mass is 10.2.